The molecule has 0 radical (unpaired) electrons. The van der Waals surface area contributed by atoms with Crippen molar-refractivity contribution in [1.29, 1.82) is 0 Å². The number of benzene rings is 2. The Hall–Kier alpha value is -1.80. The molecule has 1 atom stereocenters. The number of rotatable bonds is 5. The Morgan fingerprint density at radius 3 is 2.05 bits per heavy atom. The van der Waals surface area contributed by atoms with Gasteiger partial charge in [0.1, 0.15) is 5.75 Å². The zero-order valence-electron chi connectivity index (χ0n) is 13.7. The quantitative estimate of drug-likeness (QED) is 0.882. The van der Waals surface area contributed by atoms with Gasteiger partial charge in [-0.2, -0.15) is 0 Å². The molecule has 0 aromatic heterocycles. The third-order valence-corrected chi connectivity index (χ3v) is 4.02. The fraction of sp³-hybridized carbons (Fsp3) is 0.368. The molecular formula is C19H25NO. The average molecular weight is 283 g/mol. The van der Waals surface area contributed by atoms with Crippen molar-refractivity contribution in [3.8, 4) is 5.75 Å². The van der Waals surface area contributed by atoms with Gasteiger partial charge in [0, 0.05) is 0 Å². The predicted molar refractivity (Wildman–Crippen MR) is 89.2 cm³/mol. The first-order valence-electron chi connectivity index (χ1n) is 7.52. The van der Waals surface area contributed by atoms with E-state index in [1.807, 2.05) is 0 Å². The Bertz CT molecular complexity index is 619. The lowest BCUT2D eigenvalue weighted by Gasteiger charge is -2.21. The second kappa shape index (κ2) is 6.77. The van der Waals surface area contributed by atoms with E-state index in [-0.39, 0.29) is 6.04 Å². The minimum atomic E-state index is 0.221. The molecule has 0 heterocycles. The zero-order valence-corrected chi connectivity index (χ0v) is 13.7. The number of hydrogen-bond acceptors (Lipinski definition) is 2. The highest BCUT2D eigenvalue weighted by Crippen LogP contribution is 2.28. The second-order valence-corrected chi connectivity index (χ2v) is 5.56. The van der Waals surface area contributed by atoms with Crippen LogP contribution in [0.25, 0.3) is 0 Å². The number of aryl methyl sites for hydroxylation is 3. The van der Waals surface area contributed by atoms with E-state index in [9.17, 15) is 0 Å². The van der Waals surface area contributed by atoms with Crippen LogP contribution in [-0.2, 0) is 0 Å². The Morgan fingerprint density at radius 1 is 0.905 bits per heavy atom. The topological polar surface area (TPSA) is 21.3 Å². The molecule has 0 spiro atoms. The molecule has 2 heteroatoms. The van der Waals surface area contributed by atoms with E-state index in [4.69, 9.17) is 4.74 Å². The van der Waals surface area contributed by atoms with Crippen molar-refractivity contribution in [1.82, 2.24) is 5.32 Å². The maximum Gasteiger partial charge on any atom is 0.121 e. The van der Waals surface area contributed by atoms with Crippen LogP contribution in [0.5, 0.6) is 5.75 Å². The highest BCUT2D eigenvalue weighted by molar-refractivity contribution is 5.42. The highest BCUT2D eigenvalue weighted by Gasteiger charge is 2.14. The standard InChI is InChI=1S/C19H25NO/c1-6-20-19(16-8-7-13(2)14(3)11-16)17-9-10-18(21-5)15(4)12-17/h7-12,19-20H,6H2,1-5H3. The molecule has 112 valence electrons. The van der Waals surface area contributed by atoms with Gasteiger partial charge < -0.3 is 10.1 Å². The fourth-order valence-corrected chi connectivity index (χ4v) is 2.66. The van der Waals surface area contributed by atoms with Crippen molar-refractivity contribution in [3.05, 3.63) is 64.2 Å². The van der Waals surface area contributed by atoms with Crippen LogP contribution in [0.15, 0.2) is 36.4 Å². The molecule has 0 aliphatic rings. The number of hydrogen-bond donors (Lipinski definition) is 1. The molecule has 1 unspecified atom stereocenters. The summed E-state index contributed by atoms with van der Waals surface area (Å²) in [5.41, 5.74) is 6.42. The van der Waals surface area contributed by atoms with Gasteiger partial charge in [0.05, 0.1) is 13.2 Å². The largest absolute Gasteiger partial charge is 0.496 e. The van der Waals surface area contributed by atoms with Gasteiger partial charge in [0.25, 0.3) is 0 Å². The summed E-state index contributed by atoms with van der Waals surface area (Å²) in [7, 11) is 1.72. The minimum Gasteiger partial charge on any atom is -0.496 e. The van der Waals surface area contributed by atoms with Crippen molar-refractivity contribution in [3.63, 3.8) is 0 Å². The molecule has 2 aromatic rings. The Kier molecular flexibility index (Phi) is 5.03. The van der Waals surface area contributed by atoms with Crippen molar-refractivity contribution in [2.24, 2.45) is 0 Å². The van der Waals surface area contributed by atoms with Crippen molar-refractivity contribution in [2.75, 3.05) is 13.7 Å². The van der Waals surface area contributed by atoms with E-state index in [1.165, 1.54) is 27.8 Å². The maximum absolute atomic E-state index is 5.36. The van der Waals surface area contributed by atoms with Crippen molar-refractivity contribution >= 4 is 0 Å². The molecule has 0 fully saturated rings. The molecule has 0 amide bonds. The molecule has 2 rings (SSSR count). The molecule has 0 saturated carbocycles. The van der Waals surface area contributed by atoms with E-state index < -0.39 is 0 Å². The van der Waals surface area contributed by atoms with Crippen LogP contribution >= 0.6 is 0 Å². The van der Waals surface area contributed by atoms with Crippen LogP contribution in [0, 0.1) is 20.8 Å². The smallest absolute Gasteiger partial charge is 0.121 e. The highest BCUT2D eigenvalue weighted by atomic mass is 16.5. The summed E-state index contributed by atoms with van der Waals surface area (Å²) in [5, 5.41) is 3.59. The second-order valence-electron chi connectivity index (χ2n) is 5.56. The number of methoxy groups -OCH3 is 1. The molecule has 21 heavy (non-hydrogen) atoms. The van der Waals surface area contributed by atoms with Gasteiger partial charge in [-0.3, -0.25) is 0 Å². The lowest BCUT2D eigenvalue weighted by atomic mass is 9.94. The Balaban J connectivity index is 2.42. The molecule has 0 saturated heterocycles. The third-order valence-electron chi connectivity index (χ3n) is 4.02. The maximum atomic E-state index is 5.36. The summed E-state index contributed by atoms with van der Waals surface area (Å²) in [6.45, 7) is 9.48. The lowest BCUT2D eigenvalue weighted by molar-refractivity contribution is 0.411. The summed E-state index contributed by atoms with van der Waals surface area (Å²) in [4.78, 5) is 0. The monoisotopic (exact) mass is 283 g/mol. The van der Waals surface area contributed by atoms with E-state index in [0.717, 1.165) is 12.3 Å². The van der Waals surface area contributed by atoms with Crippen LogP contribution in [-0.4, -0.2) is 13.7 Å². The summed E-state index contributed by atoms with van der Waals surface area (Å²) < 4.78 is 5.36. The molecular weight excluding hydrogens is 258 g/mol. The molecule has 0 aliphatic carbocycles. The predicted octanol–water partition coefficient (Wildman–Crippen LogP) is 4.32. The SMILES string of the molecule is CCNC(c1ccc(C)c(C)c1)c1ccc(OC)c(C)c1. The summed E-state index contributed by atoms with van der Waals surface area (Å²) in [5.74, 6) is 0.939. The summed E-state index contributed by atoms with van der Waals surface area (Å²) >= 11 is 0. The van der Waals surface area contributed by atoms with E-state index in [2.05, 4.69) is 69.4 Å². The fourth-order valence-electron chi connectivity index (χ4n) is 2.66. The normalized spacial score (nSPS) is 12.2. The Labute approximate surface area is 128 Å². The molecule has 0 aliphatic heterocycles. The van der Waals surface area contributed by atoms with E-state index >= 15 is 0 Å². The summed E-state index contributed by atoms with van der Waals surface area (Å²) in [6, 6.07) is 13.3. The zero-order chi connectivity index (χ0) is 15.4. The first-order valence-corrected chi connectivity index (χ1v) is 7.52. The third kappa shape index (κ3) is 3.45. The molecule has 0 bridgehead atoms. The van der Waals surface area contributed by atoms with Gasteiger partial charge in [-0.15, -0.1) is 0 Å². The number of nitrogens with one attached hydrogen (secondary N) is 1. The van der Waals surface area contributed by atoms with Crippen molar-refractivity contribution < 1.29 is 4.74 Å². The molecule has 1 N–H and O–H groups in total. The summed E-state index contributed by atoms with van der Waals surface area (Å²) in [6.07, 6.45) is 0. The van der Waals surface area contributed by atoms with Crippen LogP contribution in [0.3, 0.4) is 0 Å². The molecule has 2 nitrogen and oxygen atoms in total. The van der Waals surface area contributed by atoms with Crippen LogP contribution < -0.4 is 10.1 Å². The van der Waals surface area contributed by atoms with Gasteiger partial charge in [-0.1, -0.05) is 37.3 Å². The van der Waals surface area contributed by atoms with Crippen molar-refractivity contribution in [2.45, 2.75) is 33.7 Å². The van der Waals surface area contributed by atoms with Gasteiger partial charge >= 0.3 is 0 Å². The van der Waals surface area contributed by atoms with E-state index in [1.54, 1.807) is 7.11 Å². The van der Waals surface area contributed by atoms with Crippen LogP contribution in [0.1, 0.15) is 40.8 Å². The molecule has 2 aromatic carbocycles. The van der Waals surface area contributed by atoms with E-state index in [0.29, 0.717) is 0 Å². The van der Waals surface area contributed by atoms with Crippen LogP contribution in [0.2, 0.25) is 0 Å². The first kappa shape index (κ1) is 15.6. The first-order chi connectivity index (χ1) is 10.1. The van der Waals surface area contributed by atoms with Gasteiger partial charge in [-0.05, 0) is 61.2 Å². The average Bonchev–Trinajstić information content (AvgIpc) is 2.48. The minimum absolute atomic E-state index is 0.221. The van der Waals surface area contributed by atoms with Gasteiger partial charge in [0.2, 0.25) is 0 Å². The van der Waals surface area contributed by atoms with Gasteiger partial charge in [0.15, 0.2) is 0 Å². The lowest BCUT2D eigenvalue weighted by Crippen LogP contribution is -2.22. The van der Waals surface area contributed by atoms with Gasteiger partial charge in [-0.25, -0.2) is 0 Å². The Morgan fingerprint density at radius 2 is 1.52 bits per heavy atom. The van der Waals surface area contributed by atoms with Crippen LogP contribution in [0.4, 0.5) is 0 Å². The number of ether oxygens (including phenoxy) is 1.